The standard InChI is InChI=1S/C22H26ClN3O5/c1-28-18-9-7-15(23)12-17(18)25-22(24-13-16-5-4-10-31-16)26-21(27)14-6-8-19(29-2)20(11-14)30-3/h6-9,11-12,16H,4-5,10,13H2,1-3H3,(H2,24,25,26,27)/t16-/m0/s1. The molecule has 9 heteroatoms. The molecule has 0 radical (unpaired) electrons. The third-order valence-corrected chi connectivity index (χ3v) is 5.00. The maximum atomic E-state index is 12.9. The number of benzene rings is 2. The molecule has 0 bridgehead atoms. The number of rotatable bonds is 7. The van der Waals surface area contributed by atoms with Gasteiger partial charge in [-0.3, -0.25) is 10.1 Å². The fourth-order valence-corrected chi connectivity index (χ4v) is 3.33. The maximum absolute atomic E-state index is 12.9. The van der Waals surface area contributed by atoms with Gasteiger partial charge in [0.1, 0.15) is 5.75 Å². The fourth-order valence-electron chi connectivity index (χ4n) is 3.15. The Hall–Kier alpha value is -2.97. The fraction of sp³-hybridized carbons (Fsp3) is 0.364. The van der Waals surface area contributed by atoms with Crippen molar-refractivity contribution in [3.05, 3.63) is 47.0 Å². The molecule has 0 saturated carbocycles. The number of amides is 1. The number of carbonyl (C=O) groups is 1. The van der Waals surface area contributed by atoms with Crippen LogP contribution in [0.25, 0.3) is 0 Å². The van der Waals surface area contributed by atoms with Gasteiger partial charge in [0.25, 0.3) is 5.91 Å². The van der Waals surface area contributed by atoms with Gasteiger partial charge in [-0.25, -0.2) is 4.99 Å². The summed E-state index contributed by atoms with van der Waals surface area (Å²) in [6, 6.07) is 10.1. The highest BCUT2D eigenvalue weighted by atomic mass is 35.5. The highest BCUT2D eigenvalue weighted by molar-refractivity contribution is 6.31. The molecule has 31 heavy (non-hydrogen) atoms. The highest BCUT2D eigenvalue weighted by Gasteiger charge is 2.18. The molecular formula is C22H26ClN3O5. The van der Waals surface area contributed by atoms with E-state index in [1.807, 2.05) is 0 Å². The number of guanidine groups is 1. The quantitative estimate of drug-likeness (QED) is 0.496. The average molecular weight is 448 g/mol. The zero-order valence-electron chi connectivity index (χ0n) is 17.7. The number of methoxy groups -OCH3 is 3. The van der Waals surface area contributed by atoms with E-state index in [4.69, 9.17) is 30.5 Å². The Morgan fingerprint density at radius 2 is 1.84 bits per heavy atom. The third-order valence-electron chi connectivity index (χ3n) is 4.77. The summed E-state index contributed by atoms with van der Waals surface area (Å²) in [6.45, 7) is 1.14. The van der Waals surface area contributed by atoms with Crippen molar-refractivity contribution in [3.8, 4) is 17.2 Å². The Morgan fingerprint density at radius 3 is 2.52 bits per heavy atom. The van der Waals surface area contributed by atoms with E-state index in [0.717, 1.165) is 19.4 Å². The molecule has 2 aromatic carbocycles. The van der Waals surface area contributed by atoms with Gasteiger partial charge in [0.2, 0.25) is 5.96 Å². The molecule has 166 valence electrons. The van der Waals surface area contributed by atoms with Crippen molar-refractivity contribution >= 4 is 29.2 Å². The molecule has 1 aliphatic rings. The smallest absolute Gasteiger partial charge is 0.258 e. The molecule has 2 N–H and O–H groups in total. The van der Waals surface area contributed by atoms with Crippen LogP contribution in [0.4, 0.5) is 5.69 Å². The second kappa shape index (κ2) is 10.9. The molecule has 3 rings (SSSR count). The van der Waals surface area contributed by atoms with Crippen LogP contribution in [-0.4, -0.2) is 52.5 Å². The number of hydrogen-bond donors (Lipinski definition) is 2. The first-order valence-corrected chi connectivity index (χ1v) is 10.2. The van der Waals surface area contributed by atoms with Gasteiger partial charge in [0, 0.05) is 17.2 Å². The number of halogens is 1. The number of nitrogens with one attached hydrogen (secondary N) is 2. The lowest BCUT2D eigenvalue weighted by molar-refractivity contribution is 0.0975. The number of carbonyl (C=O) groups excluding carboxylic acids is 1. The van der Waals surface area contributed by atoms with Crippen LogP contribution in [0.15, 0.2) is 41.4 Å². The Morgan fingerprint density at radius 1 is 1.10 bits per heavy atom. The van der Waals surface area contributed by atoms with Gasteiger partial charge in [-0.05, 0) is 49.2 Å². The first-order chi connectivity index (χ1) is 15.0. The molecule has 1 saturated heterocycles. The van der Waals surface area contributed by atoms with Crippen LogP contribution in [-0.2, 0) is 4.74 Å². The van der Waals surface area contributed by atoms with Crippen molar-refractivity contribution in [3.63, 3.8) is 0 Å². The molecule has 1 heterocycles. The van der Waals surface area contributed by atoms with Crippen molar-refractivity contribution in [2.45, 2.75) is 18.9 Å². The summed E-state index contributed by atoms with van der Waals surface area (Å²) < 4.78 is 21.5. The molecule has 0 spiro atoms. The molecule has 2 aromatic rings. The van der Waals surface area contributed by atoms with Crippen LogP contribution in [0, 0.1) is 0 Å². The van der Waals surface area contributed by atoms with Gasteiger partial charge < -0.3 is 24.3 Å². The number of ether oxygens (including phenoxy) is 4. The van der Waals surface area contributed by atoms with Crippen molar-refractivity contribution in [2.24, 2.45) is 4.99 Å². The average Bonchev–Trinajstić information content (AvgIpc) is 3.30. The van der Waals surface area contributed by atoms with Crippen LogP contribution in [0.2, 0.25) is 5.02 Å². The van der Waals surface area contributed by atoms with E-state index in [-0.39, 0.29) is 18.0 Å². The predicted octanol–water partition coefficient (Wildman–Crippen LogP) is 3.74. The predicted molar refractivity (Wildman–Crippen MR) is 120 cm³/mol. The summed E-state index contributed by atoms with van der Waals surface area (Å²) in [4.78, 5) is 17.5. The summed E-state index contributed by atoms with van der Waals surface area (Å²) in [6.07, 6.45) is 1.96. The molecule has 0 aromatic heterocycles. The number of aliphatic imine (C=N–C) groups is 1. The minimum atomic E-state index is -0.361. The lowest BCUT2D eigenvalue weighted by Gasteiger charge is -2.16. The second-order valence-electron chi connectivity index (χ2n) is 6.82. The Balaban J connectivity index is 1.83. The number of nitrogens with zero attached hydrogens (tertiary/aromatic N) is 1. The van der Waals surface area contributed by atoms with E-state index >= 15 is 0 Å². The van der Waals surface area contributed by atoms with E-state index in [0.29, 0.717) is 40.1 Å². The van der Waals surface area contributed by atoms with Crippen molar-refractivity contribution in [1.29, 1.82) is 0 Å². The molecule has 1 atom stereocenters. The SMILES string of the molecule is COc1ccc(Cl)cc1NC(=NC[C@@H]1CCCO1)NC(=O)c1ccc(OC)c(OC)c1. The van der Waals surface area contributed by atoms with Gasteiger partial charge in [-0.2, -0.15) is 0 Å². The van der Waals surface area contributed by atoms with Gasteiger partial charge in [-0.15, -0.1) is 0 Å². The van der Waals surface area contributed by atoms with E-state index < -0.39 is 0 Å². The maximum Gasteiger partial charge on any atom is 0.258 e. The minimum Gasteiger partial charge on any atom is -0.495 e. The molecular weight excluding hydrogens is 422 g/mol. The van der Waals surface area contributed by atoms with Gasteiger partial charge in [0.15, 0.2) is 11.5 Å². The molecule has 1 amide bonds. The summed E-state index contributed by atoms with van der Waals surface area (Å²) in [5, 5.41) is 6.45. The molecule has 0 aliphatic carbocycles. The van der Waals surface area contributed by atoms with Gasteiger partial charge in [-0.1, -0.05) is 11.6 Å². The first kappa shape index (κ1) is 22.7. The first-order valence-electron chi connectivity index (χ1n) is 9.84. The van der Waals surface area contributed by atoms with Crippen LogP contribution in [0.1, 0.15) is 23.2 Å². The number of hydrogen-bond acceptors (Lipinski definition) is 6. The van der Waals surface area contributed by atoms with E-state index in [9.17, 15) is 4.79 Å². The third kappa shape index (κ3) is 6.02. The zero-order valence-corrected chi connectivity index (χ0v) is 18.5. The van der Waals surface area contributed by atoms with Crippen LogP contribution < -0.4 is 24.8 Å². The number of anilines is 1. The van der Waals surface area contributed by atoms with Crippen LogP contribution in [0.5, 0.6) is 17.2 Å². The van der Waals surface area contributed by atoms with Gasteiger partial charge in [0.05, 0.1) is 39.7 Å². The zero-order chi connectivity index (χ0) is 22.2. The van der Waals surface area contributed by atoms with E-state index in [2.05, 4.69) is 15.6 Å². The largest absolute Gasteiger partial charge is 0.495 e. The molecule has 1 aliphatic heterocycles. The highest BCUT2D eigenvalue weighted by Crippen LogP contribution is 2.29. The summed E-state index contributed by atoms with van der Waals surface area (Å²) >= 11 is 6.13. The van der Waals surface area contributed by atoms with Crippen molar-refractivity contribution < 1.29 is 23.7 Å². The minimum absolute atomic E-state index is 0.0241. The normalized spacial score (nSPS) is 16.0. The van der Waals surface area contributed by atoms with Crippen LogP contribution in [0.3, 0.4) is 0 Å². The Labute approximate surface area is 186 Å². The Kier molecular flexibility index (Phi) is 7.97. The second-order valence-corrected chi connectivity index (χ2v) is 7.25. The molecule has 1 fully saturated rings. The van der Waals surface area contributed by atoms with E-state index in [1.165, 1.54) is 14.2 Å². The summed E-state index contributed by atoms with van der Waals surface area (Å²) in [5.41, 5.74) is 0.969. The van der Waals surface area contributed by atoms with Crippen LogP contribution >= 0.6 is 11.6 Å². The lowest BCUT2D eigenvalue weighted by Crippen LogP contribution is -2.37. The molecule has 8 nitrogen and oxygen atoms in total. The van der Waals surface area contributed by atoms with E-state index in [1.54, 1.807) is 43.5 Å². The monoisotopic (exact) mass is 447 g/mol. The topological polar surface area (TPSA) is 90.4 Å². The van der Waals surface area contributed by atoms with Gasteiger partial charge >= 0.3 is 0 Å². The van der Waals surface area contributed by atoms with Crippen molar-refractivity contribution in [1.82, 2.24) is 5.32 Å². The lowest BCUT2D eigenvalue weighted by atomic mass is 10.2. The Bertz CT molecular complexity index is 945. The molecule has 0 unspecified atom stereocenters. The summed E-state index contributed by atoms with van der Waals surface area (Å²) in [7, 11) is 4.61. The van der Waals surface area contributed by atoms with Crippen molar-refractivity contribution in [2.75, 3.05) is 39.8 Å². The summed E-state index contributed by atoms with van der Waals surface area (Å²) in [5.74, 6) is 1.46.